The molecule has 0 bridgehead atoms. The lowest BCUT2D eigenvalue weighted by Gasteiger charge is -2.12. The first-order valence-corrected chi connectivity index (χ1v) is 5.62. The van der Waals surface area contributed by atoms with Crippen LogP contribution in [-0.2, 0) is 0 Å². The van der Waals surface area contributed by atoms with Crippen molar-refractivity contribution in [2.24, 2.45) is 0 Å². The fourth-order valence-corrected chi connectivity index (χ4v) is 2.03. The van der Waals surface area contributed by atoms with Crippen molar-refractivity contribution in [2.75, 3.05) is 12.4 Å². The van der Waals surface area contributed by atoms with E-state index in [4.69, 9.17) is 0 Å². The summed E-state index contributed by atoms with van der Waals surface area (Å²) in [6.45, 7) is 0.356. The largest absolute Gasteiger partial charge is 0.360 e. The second kappa shape index (κ2) is 6.06. The summed E-state index contributed by atoms with van der Waals surface area (Å²) in [6, 6.07) is 5.65. The number of nitrogens with zero attached hydrogens (tertiary/aromatic N) is 1. The lowest BCUT2D eigenvalue weighted by molar-refractivity contribution is 0.0963. The molecule has 0 spiro atoms. The molecular weight excluding hydrogens is 293 g/mol. The molecule has 0 N–H and O–H groups in total. The normalized spacial score (nSPS) is 13.7. The molecule has 0 aliphatic carbocycles. The molecule has 16 heavy (non-hydrogen) atoms. The van der Waals surface area contributed by atoms with Crippen molar-refractivity contribution >= 4 is 34.5 Å². The smallest absolute Gasteiger partial charge is 0.182 e. The van der Waals surface area contributed by atoms with Crippen LogP contribution in [0, 0.1) is 5.82 Å². The number of Topliss-reactive ketones (excluding diaryl/α,β-unsaturated/α-hetero) is 1. The Bertz CT molecular complexity index is 393. The molecule has 1 aliphatic rings. The van der Waals surface area contributed by atoms with Crippen LogP contribution in [0.4, 0.5) is 4.39 Å². The summed E-state index contributed by atoms with van der Waals surface area (Å²) in [5.41, 5.74) is 0.557. The second-order valence-electron chi connectivity index (χ2n) is 3.26. The molecule has 2 rings (SSSR count). The van der Waals surface area contributed by atoms with Crippen LogP contribution < -0.4 is 0 Å². The van der Waals surface area contributed by atoms with Crippen molar-refractivity contribution in [3.63, 3.8) is 0 Å². The van der Waals surface area contributed by atoms with Gasteiger partial charge in [-0.05, 0) is 29.7 Å². The molecule has 1 aromatic rings. The molecule has 0 fully saturated rings. The van der Waals surface area contributed by atoms with Crippen LogP contribution in [-0.4, -0.2) is 23.1 Å². The lowest BCUT2D eigenvalue weighted by atomic mass is 10.1. The summed E-state index contributed by atoms with van der Waals surface area (Å²) in [6.07, 6.45) is 1.89. The van der Waals surface area contributed by atoms with Gasteiger partial charge in [-0.3, -0.25) is 4.79 Å². The van der Waals surface area contributed by atoms with Gasteiger partial charge in [0, 0.05) is 11.8 Å². The summed E-state index contributed by atoms with van der Waals surface area (Å²) in [7, 11) is 0. The zero-order valence-electron chi connectivity index (χ0n) is 8.43. The maximum atomic E-state index is 12.6. The Hall–Kier alpha value is -0.810. The van der Waals surface area contributed by atoms with Gasteiger partial charge in [0.1, 0.15) is 5.82 Å². The molecule has 0 atom stereocenters. The fourth-order valence-electron chi connectivity index (χ4n) is 1.32. The van der Waals surface area contributed by atoms with Gasteiger partial charge in [0.15, 0.2) is 5.78 Å². The first-order valence-electron chi connectivity index (χ1n) is 4.57. The molecule has 1 aliphatic heterocycles. The molecule has 5 heteroatoms. The quantitative estimate of drug-likeness (QED) is 0.801. The average molecular weight is 304 g/mol. The predicted octanol–water partition coefficient (Wildman–Crippen LogP) is 3.06. The first-order chi connectivity index (χ1) is 7.25. The van der Waals surface area contributed by atoms with E-state index in [0.29, 0.717) is 12.1 Å². The topological polar surface area (TPSA) is 20.3 Å². The van der Waals surface area contributed by atoms with Crippen LogP contribution in [0.1, 0.15) is 10.4 Å². The van der Waals surface area contributed by atoms with Gasteiger partial charge in [0.05, 0.1) is 12.4 Å². The molecule has 0 aromatic heterocycles. The summed E-state index contributed by atoms with van der Waals surface area (Å²) < 4.78 is 12.6. The number of hydrogen-bond donors (Lipinski definition) is 0. The molecule has 1 aromatic carbocycles. The highest BCUT2D eigenvalue weighted by Gasteiger charge is 2.11. The maximum Gasteiger partial charge on any atom is 0.182 e. The zero-order valence-corrected chi connectivity index (χ0v) is 11.0. The van der Waals surface area contributed by atoms with Gasteiger partial charge in [-0.25, -0.2) is 4.39 Å². The first kappa shape index (κ1) is 13.3. The van der Waals surface area contributed by atoms with Crippen LogP contribution in [0.25, 0.3) is 0 Å². The third-order valence-corrected chi connectivity index (χ3v) is 2.92. The number of hydrogen-bond acceptors (Lipinski definition) is 3. The van der Waals surface area contributed by atoms with Crippen LogP contribution in [0.15, 0.2) is 35.9 Å². The highest BCUT2D eigenvalue weighted by Crippen LogP contribution is 2.15. The monoisotopic (exact) mass is 303 g/mol. The van der Waals surface area contributed by atoms with Crippen molar-refractivity contribution in [3.8, 4) is 0 Å². The van der Waals surface area contributed by atoms with Gasteiger partial charge >= 0.3 is 0 Å². The van der Waals surface area contributed by atoms with Gasteiger partial charge in [-0.2, -0.15) is 0 Å². The predicted molar refractivity (Wildman–Crippen MR) is 69.4 cm³/mol. The Morgan fingerprint density at radius 1 is 1.38 bits per heavy atom. The summed E-state index contributed by atoms with van der Waals surface area (Å²) in [5.74, 6) is 0.512. The van der Waals surface area contributed by atoms with E-state index in [-0.39, 0.29) is 28.6 Å². The molecular formula is C11H11BrFNOS. The number of thioether (sulfide) groups is 1. The number of carbonyl (C=O) groups excluding carboxylic acids is 1. The maximum absolute atomic E-state index is 12.6. The molecule has 1 heterocycles. The lowest BCUT2D eigenvalue weighted by Crippen LogP contribution is -2.22. The Morgan fingerprint density at radius 2 is 2.06 bits per heavy atom. The van der Waals surface area contributed by atoms with E-state index in [1.54, 1.807) is 11.8 Å². The molecule has 0 radical (unpaired) electrons. The number of ketones is 1. The average Bonchev–Trinajstić information content (AvgIpc) is 2.71. The van der Waals surface area contributed by atoms with Crippen LogP contribution in [0.5, 0.6) is 0 Å². The van der Waals surface area contributed by atoms with E-state index in [9.17, 15) is 9.18 Å². The van der Waals surface area contributed by atoms with Gasteiger partial charge in [0.2, 0.25) is 0 Å². The standard InChI is InChI=1S/C11H10FNOS.BrH/c12-10-3-1-9(2-4-10)11(14)7-13-5-6-15-8-13;/h1-6H,7-8H2;1H. The van der Waals surface area contributed by atoms with Crippen molar-refractivity contribution in [1.29, 1.82) is 0 Å². The minimum atomic E-state index is -0.317. The SMILES string of the molecule is Br.O=C(CN1C=CSC1)c1ccc(F)cc1. The highest BCUT2D eigenvalue weighted by atomic mass is 79.9. The van der Waals surface area contributed by atoms with E-state index in [1.165, 1.54) is 24.3 Å². The number of carbonyl (C=O) groups is 1. The highest BCUT2D eigenvalue weighted by molar-refractivity contribution is 8.93. The minimum absolute atomic E-state index is 0. The molecule has 0 saturated heterocycles. The molecule has 0 amide bonds. The van der Waals surface area contributed by atoms with Gasteiger partial charge in [0.25, 0.3) is 0 Å². The van der Waals surface area contributed by atoms with Gasteiger partial charge in [-0.15, -0.1) is 28.7 Å². The molecule has 86 valence electrons. The Kier molecular flexibility index (Phi) is 5.02. The number of halogens is 2. The van der Waals surface area contributed by atoms with Crippen LogP contribution in [0.2, 0.25) is 0 Å². The van der Waals surface area contributed by atoms with Crippen molar-refractivity contribution < 1.29 is 9.18 Å². The summed E-state index contributed by atoms with van der Waals surface area (Å²) >= 11 is 1.65. The Balaban J connectivity index is 0.00000128. The van der Waals surface area contributed by atoms with Gasteiger partial charge in [-0.1, -0.05) is 0 Å². The molecule has 0 saturated carbocycles. The van der Waals surface area contributed by atoms with Crippen molar-refractivity contribution in [1.82, 2.24) is 4.90 Å². The van der Waals surface area contributed by atoms with E-state index >= 15 is 0 Å². The zero-order chi connectivity index (χ0) is 10.7. The van der Waals surface area contributed by atoms with E-state index in [0.717, 1.165) is 5.88 Å². The second-order valence-corrected chi connectivity index (χ2v) is 4.12. The van der Waals surface area contributed by atoms with Crippen molar-refractivity contribution in [2.45, 2.75) is 0 Å². The van der Waals surface area contributed by atoms with Gasteiger partial charge < -0.3 is 4.90 Å². The van der Waals surface area contributed by atoms with E-state index in [1.807, 2.05) is 16.5 Å². The van der Waals surface area contributed by atoms with Crippen molar-refractivity contribution in [3.05, 3.63) is 47.3 Å². The minimum Gasteiger partial charge on any atom is -0.360 e. The Labute approximate surface area is 108 Å². The molecule has 2 nitrogen and oxygen atoms in total. The number of benzene rings is 1. The van der Waals surface area contributed by atoms with Crippen LogP contribution >= 0.6 is 28.7 Å². The Morgan fingerprint density at radius 3 is 2.62 bits per heavy atom. The molecule has 0 unspecified atom stereocenters. The fraction of sp³-hybridized carbons (Fsp3) is 0.182. The summed E-state index contributed by atoms with van der Waals surface area (Å²) in [5, 5.41) is 1.96. The van der Waals surface area contributed by atoms with E-state index < -0.39 is 0 Å². The van der Waals surface area contributed by atoms with Crippen LogP contribution in [0.3, 0.4) is 0 Å². The third kappa shape index (κ3) is 3.35. The summed E-state index contributed by atoms with van der Waals surface area (Å²) in [4.78, 5) is 13.6. The number of rotatable bonds is 3. The third-order valence-electron chi connectivity index (χ3n) is 2.12. The van der Waals surface area contributed by atoms with E-state index in [2.05, 4.69) is 0 Å².